The summed E-state index contributed by atoms with van der Waals surface area (Å²) in [6, 6.07) is 0. The van der Waals surface area contributed by atoms with Crippen LogP contribution in [0.1, 0.15) is 32.6 Å². The second-order valence-electron chi connectivity index (χ2n) is 2.58. The summed E-state index contributed by atoms with van der Waals surface area (Å²) in [5, 5.41) is 9.16. The minimum absolute atomic E-state index is 0.438. The summed E-state index contributed by atoms with van der Waals surface area (Å²) in [4.78, 5) is 9.84. The molecule has 64 valence electrons. The molecular weight excluding hydrogens is 140 g/mol. The molecule has 0 bridgehead atoms. The summed E-state index contributed by atoms with van der Waals surface area (Å²) in [7, 11) is 0. The average Bonchev–Trinajstić information content (AvgIpc) is 2.01. The minimum atomic E-state index is -0.438. The fourth-order valence-corrected chi connectivity index (χ4v) is 0.873. The van der Waals surface area contributed by atoms with Gasteiger partial charge < -0.3 is 5.11 Å². The van der Waals surface area contributed by atoms with Gasteiger partial charge in [0, 0.05) is 0 Å². The highest BCUT2D eigenvalue weighted by Gasteiger charge is 1.96. The number of rotatable bonds is 6. The van der Waals surface area contributed by atoms with E-state index in [0.29, 0.717) is 6.29 Å². The Hall–Kier alpha value is -0.630. The van der Waals surface area contributed by atoms with Crippen LogP contribution in [0, 0.1) is 0 Å². The third kappa shape index (κ3) is 7.26. The zero-order valence-electron chi connectivity index (χ0n) is 6.99. The van der Waals surface area contributed by atoms with Crippen LogP contribution in [-0.2, 0) is 4.79 Å². The van der Waals surface area contributed by atoms with Crippen LogP contribution in [0.2, 0.25) is 0 Å². The fourth-order valence-electron chi connectivity index (χ4n) is 0.873. The van der Waals surface area contributed by atoms with Crippen LogP contribution in [-0.4, -0.2) is 17.5 Å². The first-order valence-electron chi connectivity index (χ1n) is 4.11. The highest BCUT2D eigenvalue weighted by Crippen LogP contribution is 2.03. The third-order valence-corrected chi connectivity index (χ3v) is 1.52. The van der Waals surface area contributed by atoms with E-state index in [0.717, 1.165) is 25.7 Å². The molecule has 2 nitrogen and oxygen atoms in total. The van der Waals surface area contributed by atoms with Crippen molar-refractivity contribution in [1.82, 2.24) is 0 Å². The number of hydrogen-bond acceptors (Lipinski definition) is 2. The van der Waals surface area contributed by atoms with Gasteiger partial charge in [0.25, 0.3) is 0 Å². The van der Waals surface area contributed by atoms with E-state index in [9.17, 15) is 4.79 Å². The first-order chi connectivity index (χ1) is 5.31. The van der Waals surface area contributed by atoms with Crippen molar-refractivity contribution in [2.24, 2.45) is 0 Å². The molecule has 0 saturated heterocycles. The summed E-state index contributed by atoms with van der Waals surface area (Å²) in [5.74, 6) is 0. The Balaban J connectivity index is 3.28. The summed E-state index contributed by atoms with van der Waals surface area (Å²) >= 11 is 0. The number of aliphatic hydroxyl groups excluding tert-OH is 1. The molecule has 0 amide bonds. The largest absolute Gasteiger partial charge is 0.389 e. The van der Waals surface area contributed by atoms with E-state index in [4.69, 9.17) is 5.11 Å². The normalized spacial score (nSPS) is 13.6. The Labute approximate surface area is 67.9 Å². The molecule has 1 N–H and O–H groups in total. The Morgan fingerprint density at radius 1 is 1.45 bits per heavy atom. The van der Waals surface area contributed by atoms with Crippen LogP contribution in [0.4, 0.5) is 0 Å². The van der Waals surface area contributed by atoms with Gasteiger partial charge in [0.05, 0.1) is 6.10 Å². The molecule has 0 aliphatic heterocycles. The lowest BCUT2D eigenvalue weighted by molar-refractivity contribution is -0.104. The summed E-state index contributed by atoms with van der Waals surface area (Å²) in [6.07, 6.45) is 7.21. The van der Waals surface area contributed by atoms with Gasteiger partial charge in [-0.3, -0.25) is 4.79 Å². The summed E-state index contributed by atoms with van der Waals surface area (Å²) in [5.41, 5.74) is 0. The number of aldehydes is 1. The maximum atomic E-state index is 9.84. The lowest BCUT2D eigenvalue weighted by atomic mass is 10.1. The molecule has 0 aromatic rings. The van der Waals surface area contributed by atoms with Crippen LogP contribution in [0.15, 0.2) is 12.2 Å². The van der Waals surface area contributed by atoms with Gasteiger partial charge in [-0.25, -0.2) is 0 Å². The smallest absolute Gasteiger partial charge is 0.142 e. The summed E-state index contributed by atoms with van der Waals surface area (Å²) < 4.78 is 0. The van der Waals surface area contributed by atoms with Gasteiger partial charge >= 0.3 is 0 Å². The van der Waals surface area contributed by atoms with Crippen LogP contribution in [0.25, 0.3) is 0 Å². The van der Waals surface area contributed by atoms with E-state index in [-0.39, 0.29) is 0 Å². The SMILES string of the molecule is CCCCC[C@@H](O)/C=C\C=O. The number of aliphatic hydroxyl groups is 1. The highest BCUT2D eigenvalue weighted by molar-refractivity contribution is 5.64. The molecule has 2 heteroatoms. The van der Waals surface area contributed by atoms with E-state index in [1.165, 1.54) is 12.2 Å². The molecule has 0 aromatic heterocycles. The van der Waals surface area contributed by atoms with Crippen molar-refractivity contribution >= 4 is 6.29 Å². The second-order valence-corrected chi connectivity index (χ2v) is 2.58. The molecule has 0 radical (unpaired) electrons. The molecule has 1 atom stereocenters. The lowest BCUT2D eigenvalue weighted by Gasteiger charge is -2.02. The molecule has 0 fully saturated rings. The van der Waals surface area contributed by atoms with Gasteiger partial charge in [0.1, 0.15) is 6.29 Å². The molecule has 11 heavy (non-hydrogen) atoms. The minimum Gasteiger partial charge on any atom is -0.389 e. The van der Waals surface area contributed by atoms with Crippen LogP contribution in [0.3, 0.4) is 0 Å². The van der Waals surface area contributed by atoms with Gasteiger partial charge in [-0.2, -0.15) is 0 Å². The maximum absolute atomic E-state index is 9.84. The van der Waals surface area contributed by atoms with Gasteiger partial charge in [-0.1, -0.05) is 32.3 Å². The topological polar surface area (TPSA) is 37.3 Å². The number of carbonyl (C=O) groups excluding carboxylic acids is 1. The Morgan fingerprint density at radius 3 is 2.73 bits per heavy atom. The second kappa shape index (κ2) is 7.48. The van der Waals surface area contributed by atoms with E-state index in [2.05, 4.69) is 6.92 Å². The number of allylic oxidation sites excluding steroid dienone is 1. The van der Waals surface area contributed by atoms with Crippen LogP contribution < -0.4 is 0 Å². The highest BCUT2D eigenvalue weighted by atomic mass is 16.3. The maximum Gasteiger partial charge on any atom is 0.142 e. The molecule has 0 spiro atoms. The van der Waals surface area contributed by atoms with Crippen molar-refractivity contribution < 1.29 is 9.90 Å². The Morgan fingerprint density at radius 2 is 2.18 bits per heavy atom. The van der Waals surface area contributed by atoms with Crippen molar-refractivity contribution in [2.45, 2.75) is 38.7 Å². The number of hydrogen-bond donors (Lipinski definition) is 1. The van der Waals surface area contributed by atoms with Gasteiger partial charge in [-0.05, 0) is 12.5 Å². The number of carbonyl (C=O) groups is 1. The van der Waals surface area contributed by atoms with Crippen LogP contribution >= 0.6 is 0 Å². The molecule has 0 aromatic carbocycles. The average molecular weight is 156 g/mol. The Bertz CT molecular complexity index is 119. The van der Waals surface area contributed by atoms with Crippen molar-refractivity contribution in [3.63, 3.8) is 0 Å². The quantitative estimate of drug-likeness (QED) is 0.361. The molecule has 0 heterocycles. The first kappa shape index (κ1) is 10.4. The summed E-state index contributed by atoms with van der Waals surface area (Å²) in [6.45, 7) is 2.12. The van der Waals surface area contributed by atoms with Crippen molar-refractivity contribution in [3.8, 4) is 0 Å². The van der Waals surface area contributed by atoms with Gasteiger partial charge in [0.15, 0.2) is 0 Å². The molecule has 0 aliphatic carbocycles. The predicted octanol–water partition coefficient (Wildman–Crippen LogP) is 1.68. The number of unbranched alkanes of at least 4 members (excludes halogenated alkanes) is 2. The monoisotopic (exact) mass is 156 g/mol. The molecule has 0 unspecified atom stereocenters. The van der Waals surface area contributed by atoms with Crippen molar-refractivity contribution in [3.05, 3.63) is 12.2 Å². The Kier molecular flexibility index (Phi) is 7.05. The fraction of sp³-hybridized carbons (Fsp3) is 0.667. The van der Waals surface area contributed by atoms with E-state index in [1.54, 1.807) is 0 Å². The first-order valence-corrected chi connectivity index (χ1v) is 4.11. The zero-order valence-corrected chi connectivity index (χ0v) is 6.99. The standard InChI is InChI=1S/C9H16O2/c1-2-3-4-6-9(11)7-5-8-10/h5,7-9,11H,2-4,6H2,1H3/b7-5-/t9-/m1/s1. The van der Waals surface area contributed by atoms with E-state index >= 15 is 0 Å². The zero-order chi connectivity index (χ0) is 8.53. The van der Waals surface area contributed by atoms with Crippen molar-refractivity contribution in [2.75, 3.05) is 0 Å². The van der Waals surface area contributed by atoms with E-state index < -0.39 is 6.10 Å². The lowest BCUT2D eigenvalue weighted by Crippen LogP contribution is -2.01. The molecular formula is C9H16O2. The molecule has 0 rings (SSSR count). The van der Waals surface area contributed by atoms with Gasteiger partial charge in [0.2, 0.25) is 0 Å². The molecule has 0 aliphatic rings. The van der Waals surface area contributed by atoms with Crippen molar-refractivity contribution in [1.29, 1.82) is 0 Å². The predicted molar refractivity (Wildman–Crippen MR) is 45.4 cm³/mol. The van der Waals surface area contributed by atoms with Crippen LogP contribution in [0.5, 0.6) is 0 Å². The van der Waals surface area contributed by atoms with E-state index in [1.807, 2.05) is 0 Å². The molecule has 0 saturated carbocycles. The van der Waals surface area contributed by atoms with Gasteiger partial charge in [-0.15, -0.1) is 0 Å². The third-order valence-electron chi connectivity index (χ3n) is 1.52.